The van der Waals surface area contributed by atoms with Gasteiger partial charge in [-0.2, -0.15) is 4.98 Å². The minimum absolute atomic E-state index is 0.0403. The number of anilines is 1. The fourth-order valence-electron chi connectivity index (χ4n) is 1.51. The first-order chi connectivity index (χ1) is 7.27. The van der Waals surface area contributed by atoms with Crippen molar-refractivity contribution in [3.8, 4) is 17.5 Å². The third-order valence-corrected chi connectivity index (χ3v) is 2.17. The van der Waals surface area contributed by atoms with Crippen LogP contribution < -0.4 is 5.32 Å². The van der Waals surface area contributed by atoms with E-state index in [0.29, 0.717) is 23.9 Å². The molecule has 6 heteroatoms. The number of imidazole rings is 1. The number of aromatic nitrogens is 4. The van der Waals surface area contributed by atoms with Gasteiger partial charge in [0, 0.05) is 13.1 Å². The van der Waals surface area contributed by atoms with Gasteiger partial charge in [-0.15, -0.1) is 0 Å². The molecule has 2 aliphatic heterocycles. The molecule has 0 amide bonds. The highest BCUT2D eigenvalue weighted by Gasteiger charge is 2.19. The summed E-state index contributed by atoms with van der Waals surface area (Å²) in [5.41, 5.74) is 0.691. The molecule has 2 aliphatic rings. The van der Waals surface area contributed by atoms with E-state index in [2.05, 4.69) is 20.3 Å². The van der Waals surface area contributed by atoms with Crippen molar-refractivity contribution in [2.24, 2.45) is 0 Å². The molecular formula is C9H13N5O. The van der Waals surface area contributed by atoms with Crippen molar-refractivity contribution >= 4 is 5.82 Å². The van der Waals surface area contributed by atoms with Gasteiger partial charge < -0.3 is 10.4 Å². The third kappa shape index (κ3) is 1.47. The summed E-state index contributed by atoms with van der Waals surface area (Å²) < 4.78 is 1.61. The van der Waals surface area contributed by atoms with E-state index in [-0.39, 0.29) is 6.01 Å². The molecule has 0 fully saturated rings. The molecular weight excluding hydrogens is 194 g/mol. The van der Waals surface area contributed by atoms with Crippen molar-refractivity contribution in [3.05, 3.63) is 6.33 Å². The number of aromatic hydroxyl groups is 1. The highest BCUT2D eigenvalue weighted by atomic mass is 16.3. The Morgan fingerprint density at radius 1 is 1.40 bits per heavy atom. The Balaban J connectivity index is 2.61. The Morgan fingerprint density at radius 3 is 2.87 bits per heavy atom. The van der Waals surface area contributed by atoms with Crippen LogP contribution in [0.15, 0.2) is 6.33 Å². The van der Waals surface area contributed by atoms with E-state index in [4.69, 9.17) is 0 Å². The van der Waals surface area contributed by atoms with Gasteiger partial charge in [0.1, 0.15) is 6.33 Å². The number of hydrogen-bond donors (Lipinski definition) is 2. The quantitative estimate of drug-likeness (QED) is 0.783. The summed E-state index contributed by atoms with van der Waals surface area (Å²) in [5.74, 6) is 1.23. The van der Waals surface area contributed by atoms with Crippen LogP contribution in [0.4, 0.5) is 5.82 Å². The van der Waals surface area contributed by atoms with Crippen LogP contribution in [0.3, 0.4) is 0 Å². The molecule has 0 radical (unpaired) electrons. The Bertz CT molecular complexity index is 439. The van der Waals surface area contributed by atoms with Crippen molar-refractivity contribution < 1.29 is 5.11 Å². The molecule has 0 unspecified atom stereocenters. The van der Waals surface area contributed by atoms with E-state index in [9.17, 15) is 5.11 Å². The zero-order chi connectivity index (χ0) is 10.8. The van der Waals surface area contributed by atoms with E-state index < -0.39 is 0 Å². The van der Waals surface area contributed by atoms with Crippen LogP contribution in [0.25, 0.3) is 11.5 Å². The summed E-state index contributed by atoms with van der Waals surface area (Å²) in [6, 6.07) is -0.0403. The lowest BCUT2D eigenvalue weighted by Crippen LogP contribution is -2.10. The predicted molar refractivity (Wildman–Crippen MR) is 55.9 cm³/mol. The molecule has 0 bridgehead atoms. The number of hydrogen-bond acceptors (Lipinski definition) is 5. The van der Waals surface area contributed by atoms with Crippen LogP contribution in [0.2, 0.25) is 0 Å². The molecule has 0 aliphatic carbocycles. The Labute approximate surface area is 87.3 Å². The van der Waals surface area contributed by atoms with Gasteiger partial charge >= 0.3 is 0 Å². The molecule has 2 heterocycles. The average Bonchev–Trinajstić information content (AvgIpc) is 2.67. The molecule has 80 valence electrons. The van der Waals surface area contributed by atoms with Crippen LogP contribution in [0.5, 0.6) is 6.01 Å². The molecule has 0 aromatic heterocycles. The van der Waals surface area contributed by atoms with Gasteiger partial charge in [-0.05, 0) is 13.8 Å². The second-order valence-electron chi connectivity index (χ2n) is 3.08. The van der Waals surface area contributed by atoms with Crippen molar-refractivity contribution in [2.75, 3.05) is 11.9 Å². The predicted octanol–water partition coefficient (Wildman–Crippen LogP) is 0.935. The molecule has 2 N–H and O–H groups in total. The Hall–Kier alpha value is -1.85. The van der Waals surface area contributed by atoms with Crippen molar-refractivity contribution in [3.63, 3.8) is 0 Å². The summed E-state index contributed by atoms with van der Waals surface area (Å²) in [4.78, 5) is 12.3. The number of fused-ring (bicyclic) bond motifs is 1. The van der Waals surface area contributed by atoms with Crippen molar-refractivity contribution in [1.82, 2.24) is 19.5 Å². The maximum atomic E-state index is 9.68. The minimum Gasteiger partial charge on any atom is -0.480 e. The van der Waals surface area contributed by atoms with E-state index in [0.717, 1.165) is 6.54 Å². The molecule has 6 nitrogen and oxygen atoms in total. The van der Waals surface area contributed by atoms with Crippen LogP contribution in [-0.2, 0) is 6.54 Å². The molecule has 15 heavy (non-hydrogen) atoms. The Morgan fingerprint density at radius 2 is 2.20 bits per heavy atom. The van der Waals surface area contributed by atoms with Gasteiger partial charge in [0.15, 0.2) is 17.3 Å². The van der Waals surface area contributed by atoms with Gasteiger partial charge in [0.25, 0.3) is 6.01 Å². The van der Waals surface area contributed by atoms with Gasteiger partial charge in [0.2, 0.25) is 0 Å². The second-order valence-corrected chi connectivity index (χ2v) is 3.08. The fourth-order valence-corrected chi connectivity index (χ4v) is 1.51. The zero-order valence-corrected chi connectivity index (χ0v) is 8.73. The Kier molecular flexibility index (Phi) is 2.40. The smallest absolute Gasteiger partial charge is 0.297 e. The van der Waals surface area contributed by atoms with E-state index in [1.807, 2.05) is 13.8 Å². The van der Waals surface area contributed by atoms with Gasteiger partial charge in [-0.3, -0.25) is 4.57 Å². The third-order valence-electron chi connectivity index (χ3n) is 2.17. The lowest BCUT2D eigenvalue weighted by atomic mass is 10.3. The van der Waals surface area contributed by atoms with E-state index in [1.54, 1.807) is 4.57 Å². The lowest BCUT2D eigenvalue weighted by Gasteiger charge is -2.13. The topological polar surface area (TPSA) is 75.9 Å². The first-order valence-corrected chi connectivity index (χ1v) is 4.92. The van der Waals surface area contributed by atoms with Crippen LogP contribution >= 0.6 is 0 Å². The van der Waals surface area contributed by atoms with Gasteiger partial charge in [0.05, 0.1) is 0 Å². The SMILES string of the molecule is CCNc1nc(O)n(CC)c2ncnc1-2. The van der Waals surface area contributed by atoms with Crippen LogP contribution in [0, 0.1) is 0 Å². The van der Waals surface area contributed by atoms with Crippen LogP contribution in [-0.4, -0.2) is 31.2 Å². The maximum Gasteiger partial charge on any atom is 0.297 e. The molecule has 0 spiro atoms. The lowest BCUT2D eigenvalue weighted by molar-refractivity contribution is 0.394. The molecule has 0 saturated heterocycles. The molecule has 0 aromatic carbocycles. The summed E-state index contributed by atoms with van der Waals surface area (Å²) in [5, 5.41) is 12.7. The van der Waals surface area contributed by atoms with Gasteiger partial charge in [-0.25, -0.2) is 9.97 Å². The summed E-state index contributed by atoms with van der Waals surface area (Å²) in [6.45, 7) is 5.22. The first-order valence-electron chi connectivity index (χ1n) is 4.92. The molecule has 2 rings (SSSR count). The summed E-state index contributed by atoms with van der Waals surface area (Å²) >= 11 is 0. The largest absolute Gasteiger partial charge is 0.480 e. The highest BCUT2D eigenvalue weighted by molar-refractivity contribution is 5.67. The first kappa shape index (κ1) is 9.70. The normalized spacial score (nSPS) is 10.8. The second kappa shape index (κ2) is 3.72. The highest BCUT2D eigenvalue weighted by Crippen LogP contribution is 2.28. The summed E-state index contributed by atoms with van der Waals surface area (Å²) in [7, 11) is 0. The molecule has 0 saturated carbocycles. The average molecular weight is 207 g/mol. The van der Waals surface area contributed by atoms with E-state index in [1.165, 1.54) is 6.33 Å². The van der Waals surface area contributed by atoms with E-state index >= 15 is 0 Å². The maximum absolute atomic E-state index is 9.68. The number of rotatable bonds is 3. The number of nitrogens with zero attached hydrogens (tertiary/aromatic N) is 4. The van der Waals surface area contributed by atoms with Crippen LogP contribution in [0.1, 0.15) is 13.8 Å². The van der Waals surface area contributed by atoms with Crippen molar-refractivity contribution in [1.29, 1.82) is 0 Å². The van der Waals surface area contributed by atoms with Gasteiger partial charge in [-0.1, -0.05) is 0 Å². The molecule has 0 aromatic rings. The summed E-state index contributed by atoms with van der Waals surface area (Å²) in [6.07, 6.45) is 1.47. The zero-order valence-electron chi connectivity index (χ0n) is 8.73. The fraction of sp³-hybridized carbons (Fsp3) is 0.444. The molecule has 0 atom stereocenters. The number of nitrogens with one attached hydrogen (secondary N) is 1. The minimum atomic E-state index is -0.0403. The standard InChI is InChI=1S/C9H13N5O/c1-3-10-7-6-8(12-5-11-6)14(4-2)9(15)13-7/h5,10H,3-4H2,1-2H3,(H,13,15). The van der Waals surface area contributed by atoms with Crippen molar-refractivity contribution in [2.45, 2.75) is 20.4 Å². The monoisotopic (exact) mass is 207 g/mol.